The molecule has 0 aromatic carbocycles. The Bertz CT molecular complexity index is 267. The van der Waals surface area contributed by atoms with Gasteiger partial charge in [0.15, 0.2) is 5.78 Å². The van der Waals surface area contributed by atoms with Crippen molar-refractivity contribution in [2.45, 2.75) is 6.42 Å². The molecule has 2 nitrogen and oxygen atoms in total. The van der Waals surface area contributed by atoms with Gasteiger partial charge >= 0.3 is 0 Å². The Morgan fingerprint density at radius 1 is 1.56 bits per heavy atom. The first-order valence-electron chi connectivity index (χ1n) is 2.84. The third-order valence-corrected chi connectivity index (χ3v) is 1.56. The third-order valence-electron chi connectivity index (χ3n) is 1.56. The molecule has 1 aromatic rings. The molecular weight excluding hydrogens is 114 g/mol. The second-order valence-corrected chi connectivity index (χ2v) is 2.13. The van der Waals surface area contributed by atoms with Gasteiger partial charge in [-0.1, -0.05) is 0 Å². The quantitative estimate of drug-likeness (QED) is 0.506. The van der Waals surface area contributed by atoms with E-state index in [9.17, 15) is 4.79 Å². The van der Waals surface area contributed by atoms with E-state index in [2.05, 4.69) is 4.98 Å². The van der Waals surface area contributed by atoms with Crippen molar-refractivity contribution < 1.29 is 4.79 Å². The molecule has 1 aromatic heterocycles. The molecule has 0 unspecified atom stereocenters. The SMILES string of the molecule is O=C1Cc2ccncc21. The van der Waals surface area contributed by atoms with E-state index in [4.69, 9.17) is 0 Å². The van der Waals surface area contributed by atoms with Crippen LogP contribution in [0, 0.1) is 0 Å². The summed E-state index contributed by atoms with van der Waals surface area (Å²) in [6.07, 6.45) is 3.95. The van der Waals surface area contributed by atoms with Crippen molar-refractivity contribution >= 4 is 5.78 Å². The summed E-state index contributed by atoms with van der Waals surface area (Å²) in [5, 5.41) is 0. The molecule has 1 aliphatic carbocycles. The van der Waals surface area contributed by atoms with E-state index in [1.165, 1.54) is 0 Å². The summed E-state index contributed by atoms with van der Waals surface area (Å²) in [6, 6.07) is 1.89. The maximum absolute atomic E-state index is 10.7. The highest BCUT2D eigenvalue weighted by Crippen LogP contribution is 2.19. The zero-order valence-electron chi connectivity index (χ0n) is 4.79. The monoisotopic (exact) mass is 119 g/mol. The Balaban J connectivity index is 2.63. The molecule has 0 aliphatic heterocycles. The number of pyridine rings is 1. The second kappa shape index (κ2) is 1.41. The number of aromatic nitrogens is 1. The van der Waals surface area contributed by atoms with E-state index in [-0.39, 0.29) is 5.78 Å². The molecule has 2 rings (SSSR count). The Morgan fingerprint density at radius 3 is 3.00 bits per heavy atom. The molecule has 0 spiro atoms. The van der Waals surface area contributed by atoms with Crippen LogP contribution in [0.2, 0.25) is 0 Å². The van der Waals surface area contributed by atoms with E-state index < -0.39 is 0 Å². The zero-order valence-corrected chi connectivity index (χ0v) is 4.79. The van der Waals surface area contributed by atoms with Gasteiger partial charge < -0.3 is 0 Å². The average molecular weight is 119 g/mol. The number of hydrogen-bond donors (Lipinski definition) is 0. The van der Waals surface area contributed by atoms with E-state index in [0.29, 0.717) is 6.42 Å². The summed E-state index contributed by atoms with van der Waals surface area (Å²) in [7, 11) is 0. The Labute approximate surface area is 52.5 Å². The lowest BCUT2D eigenvalue weighted by Crippen LogP contribution is -2.18. The van der Waals surface area contributed by atoms with Crippen molar-refractivity contribution in [2.75, 3.05) is 0 Å². The molecule has 9 heavy (non-hydrogen) atoms. The molecule has 1 aliphatic rings. The van der Waals surface area contributed by atoms with Crippen molar-refractivity contribution in [1.29, 1.82) is 0 Å². The molecule has 0 N–H and O–H groups in total. The fourth-order valence-electron chi connectivity index (χ4n) is 0.990. The van der Waals surface area contributed by atoms with E-state index in [1.54, 1.807) is 12.4 Å². The summed E-state index contributed by atoms with van der Waals surface area (Å²) >= 11 is 0. The largest absolute Gasteiger partial charge is 0.294 e. The van der Waals surface area contributed by atoms with E-state index in [1.807, 2.05) is 6.07 Å². The van der Waals surface area contributed by atoms with Gasteiger partial charge in [-0.15, -0.1) is 0 Å². The van der Waals surface area contributed by atoms with Crippen LogP contribution in [0.5, 0.6) is 0 Å². The van der Waals surface area contributed by atoms with E-state index >= 15 is 0 Å². The molecule has 0 bridgehead atoms. The van der Waals surface area contributed by atoms with E-state index in [0.717, 1.165) is 11.1 Å². The number of nitrogens with zero attached hydrogens (tertiary/aromatic N) is 1. The highest BCUT2D eigenvalue weighted by atomic mass is 16.1. The summed E-state index contributed by atoms with van der Waals surface area (Å²) in [6.45, 7) is 0. The first kappa shape index (κ1) is 4.68. The van der Waals surface area contributed by atoms with Gasteiger partial charge in [0.1, 0.15) is 0 Å². The van der Waals surface area contributed by atoms with Crippen LogP contribution in [0.1, 0.15) is 15.9 Å². The average Bonchev–Trinajstić information content (AvgIpc) is 1.86. The minimum Gasteiger partial charge on any atom is -0.294 e. The number of carbonyl (C=O) groups is 1. The normalized spacial score (nSPS) is 14.4. The lowest BCUT2D eigenvalue weighted by atomic mass is 9.89. The number of carbonyl (C=O) groups excluding carboxylic acids is 1. The van der Waals surface area contributed by atoms with Crippen molar-refractivity contribution in [3.05, 3.63) is 29.6 Å². The summed E-state index contributed by atoms with van der Waals surface area (Å²) in [5.41, 5.74) is 1.94. The Kier molecular flexibility index (Phi) is 0.730. The fraction of sp³-hybridized carbons (Fsp3) is 0.143. The Hall–Kier alpha value is -1.18. The maximum atomic E-state index is 10.7. The van der Waals surface area contributed by atoms with Crippen molar-refractivity contribution in [1.82, 2.24) is 4.98 Å². The van der Waals surface area contributed by atoms with Gasteiger partial charge in [0.2, 0.25) is 0 Å². The van der Waals surface area contributed by atoms with Crippen LogP contribution in [0.4, 0.5) is 0 Å². The number of fused-ring (bicyclic) bond motifs is 1. The predicted octanol–water partition coefficient (Wildman–Crippen LogP) is 0.820. The summed E-state index contributed by atoms with van der Waals surface area (Å²) in [4.78, 5) is 14.5. The molecule has 0 saturated heterocycles. The minimum atomic E-state index is 0.220. The third kappa shape index (κ3) is 0.499. The topological polar surface area (TPSA) is 30.0 Å². The highest BCUT2D eigenvalue weighted by Gasteiger charge is 2.21. The summed E-state index contributed by atoms with van der Waals surface area (Å²) < 4.78 is 0. The van der Waals surface area contributed by atoms with Gasteiger partial charge in [-0.3, -0.25) is 9.78 Å². The standard InChI is InChI=1S/C7H5NO/c9-7-3-5-1-2-8-4-6(5)7/h1-2,4H,3H2. The first-order valence-corrected chi connectivity index (χ1v) is 2.84. The van der Waals surface area contributed by atoms with Crippen molar-refractivity contribution in [3.63, 3.8) is 0 Å². The highest BCUT2D eigenvalue weighted by molar-refractivity contribution is 6.06. The van der Waals surface area contributed by atoms with Crippen LogP contribution in [0.15, 0.2) is 18.5 Å². The number of Topliss-reactive ketones (excluding diaryl/α,β-unsaturated/α-hetero) is 1. The fourth-order valence-corrected chi connectivity index (χ4v) is 0.990. The van der Waals surface area contributed by atoms with Crippen LogP contribution in [0.25, 0.3) is 0 Å². The van der Waals surface area contributed by atoms with Gasteiger partial charge in [-0.2, -0.15) is 0 Å². The maximum Gasteiger partial charge on any atom is 0.169 e. The molecule has 1 heterocycles. The smallest absolute Gasteiger partial charge is 0.169 e. The molecule has 2 heteroatoms. The molecule has 0 radical (unpaired) electrons. The first-order chi connectivity index (χ1) is 4.38. The molecule has 0 amide bonds. The number of hydrogen-bond acceptors (Lipinski definition) is 2. The van der Waals surface area contributed by atoms with Crippen LogP contribution >= 0.6 is 0 Å². The lowest BCUT2D eigenvalue weighted by Gasteiger charge is -2.14. The lowest BCUT2D eigenvalue weighted by molar-refractivity contribution is 0.0967. The van der Waals surface area contributed by atoms with Gasteiger partial charge in [0.25, 0.3) is 0 Å². The second-order valence-electron chi connectivity index (χ2n) is 2.13. The van der Waals surface area contributed by atoms with Gasteiger partial charge in [-0.25, -0.2) is 0 Å². The minimum absolute atomic E-state index is 0.220. The summed E-state index contributed by atoms with van der Waals surface area (Å²) in [5.74, 6) is 0.220. The number of ketones is 1. The molecule has 0 saturated carbocycles. The van der Waals surface area contributed by atoms with Gasteiger partial charge in [0.05, 0.1) is 0 Å². The van der Waals surface area contributed by atoms with Crippen molar-refractivity contribution in [2.24, 2.45) is 0 Å². The predicted molar refractivity (Wildman–Crippen MR) is 32.3 cm³/mol. The van der Waals surface area contributed by atoms with Gasteiger partial charge in [0, 0.05) is 24.4 Å². The van der Waals surface area contributed by atoms with Crippen LogP contribution in [0.3, 0.4) is 0 Å². The Morgan fingerprint density at radius 2 is 2.44 bits per heavy atom. The molecule has 44 valence electrons. The van der Waals surface area contributed by atoms with Gasteiger partial charge in [-0.05, 0) is 11.6 Å². The van der Waals surface area contributed by atoms with Crippen LogP contribution in [-0.4, -0.2) is 10.8 Å². The van der Waals surface area contributed by atoms with Crippen molar-refractivity contribution in [3.8, 4) is 0 Å². The van der Waals surface area contributed by atoms with Crippen LogP contribution in [-0.2, 0) is 6.42 Å². The molecular formula is C7H5NO. The molecule has 0 atom stereocenters. The van der Waals surface area contributed by atoms with Crippen LogP contribution < -0.4 is 0 Å². The number of rotatable bonds is 0. The zero-order chi connectivity index (χ0) is 6.27. The molecule has 0 fully saturated rings.